The van der Waals surface area contributed by atoms with E-state index in [9.17, 15) is 29.1 Å². The van der Waals surface area contributed by atoms with Crippen molar-refractivity contribution < 1.29 is 29.1 Å². The Bertz CT molecular complexity index is 2230. The van der Waals surface area contributed by atoms with E-state index in [1.165, 1.54) is 17.4 Å². The van der Waals surface area contributed by atoms with E-state index in [2.05, 4.69) is 15.6 Å². The smallest absolute Gasteiger partial charge is 0.248 e. The van der Waals surface area contributed by atoms with E-state index >= 15 is 0 Å². The third kappa shape index (κ3) is 12.2. The van der Waals surface area contributed by atoms with Gasteiger partial charge in [-0.25, -0.2) is 0 Å². The average Bonchev–Trinajstić information content (AvgIpc) is 4.01. The number of benzene rings is 1. The highest BCUT2D eigenvalue weighted by Gasteiger charge is 2.29. The number of aliphatic hydroxyl groups excluding tert-OH is 1. The van der Waals surface area contributed by atoms with Gasteiger partial charge in [-0.3, -0.25) is 28.7 Å². The van der Waals surface area contributed by atoms with Crippen molar-refractivity contribution in [1.29, 1.82) is 0 Å². The van der Waals surface area contributed by atoms with Crippen LogP contribution in [0.25, 0.3) is 22.2 Å². The number of hydrogen-bond donors (Lipinski definition) is 4. The molecule has 61 heavy (non-hydrogen) atoms. The number of fused-ring (bicyclic) bond motifs is 3. The van der Waals surface area contributed by atoms with Crippen molar-refractivity contribution in [2.45, 2.75) is 70.9 Å². The van der Waals surface area contributed by atoms with Crippen LogP contribution >= 0.6 is 34.5 Å². The molecule has 2 aliphatic rings. The first-order valence-corrected chi connectivity index (χ1v) is 22.5. The number of carbonyl (C=O) groups excluding carboxylic acids is 5. The second kappa shape index (κ2) is 21.9. The monoisotopic (exact) mass is 895 g/mol. The van der Waals surface area contributed by atoms with Crippen LogP contribution in [0.4, 0.5) is 5.00 Å². The van der Waals surface area contributed by atoms with E-state index in [4.69, 9.17) is 28.3 Å². The zero-order chi connectivity index (χ0) is 43.5. The molecule has 2 aliphatic heterocycles. The van der Waals surface area contributed by atoms with E-state index in [0.717, 1.165) is 64.2 Å². The van der Waals surface area contributed by atoms with E-state index in [-0.39, 0.29) is 36.1 Å². The number of anilines is 1. The van der Waals surface area contributed by atoms with Gasteiger partial charge in [-0.15, -0.1) is 11.3 Å². The molecule has 0 radical (unpaired) electrons. The normalized spacial score (nSPS) is 14.4. The number of nitrogens with one attached hydrogen (secondary N) is 3. The van der Waals surface area contributed by atoms with Gasteiger partial charge in [0.1, 0.15) is 13.2 Å². The van der Waals surface area contributed by atoms with Crippen LogP contribution in [0.5, 0.6) is 0 Å². The van der Waals surface area contributed by atoms with E-state index in [1.54, 1.807) is 31.5 Å². The van der Waals surface area contributed by atoms with Crippen molar-refractivity contribution >= 4 is 80.0 Å². The molecule has 4 aromatic rings. The molecule has 4 N–H and O–H groups in total. The minimum Gasteiger partial charge on any atom is -0.387 e. The summed E-state index contributed by atoms with van der Waals surface area (Å²) in [6, 6.07) is 7.56. The lowest BCUT2D eigenvalue weighted by Gasteiger charge is -2.33. The Labute approximate surface area is 370 Å². The second-order valence-electron chi connectivity index (χ2n) is 15.7. The molecule has 1 aromatic carbocycles. The summed E-state index contributed by atoms with van der Waals surface area (Å²) in [6.07, 6.45) is 11.7. The zero-order valence-corrected chi connectivity index (χ0v) is 37.1. The van der Waals surface area contributed by atoms with Crippen LogP contribution in [0, 0.1) is 0 Å². The Hall–Kier alpha value is -4.74. The van der Waals surface area contributed by atoms with E-state index < -0.39 is 6.61 Å². The third-order valence-corrected chi connectivity index (χ3v) is 12.8. The molecule has 5 amide bonds. The molecule has 6 rings (SSSR count). The number of rotatable bonds is 20. The van der Waals surface area contributed by atoms with Gasteiger partial charge in [0, 0.05) is 104 Å². The van der Waals surface area contributed by atoms with Crippen LogP contribution in [0.3, 0.4) is 0 Å². The van der Waals surface area contributed by atoms with Crippen LogP contribution in [0.2, 0.25) is 10.0 Å². The molecule has 0 bridgehead atoms. The molecule has 3 aromatic heterocycles. The number of aromatic amines is 1. The van der Waals surface area contributed by atoms with Crippen LogP contribution in [0.15, 0.2) is 42.6 Å². The molecule has 0 atom stereocenters. The summed E-state index contributed by atoms with van der Waals surface area (Å²) < 4.78 is 1.77. The topological polar surface area (TPSA) is 176 Å². The summed E-state index contributed by atoms with van der Waals surface area (Å²) in [5, 5.41) is 22.6. The van der Waals surface area contributed by atoms with Crippen molar-refractivity contribution in [1.82, 2.24) is 40.1 Å². The number of hydrogen-bond acceptors (Lipinski definition) is 9. The van der Waals surface area contributed by atoms with Gasteiger partial charge in [0.2, 0.25) is 29.5 Å². The molecule has 0 aliphatic carbocycles. The van der Waals surface area contributed by atoms with Gasteiger partial charge in [-0.05, 0) is 57.6 Å². The van der Waals surface area contributed by atoms with Gasteiger partial charge in [-0.2, -0.15) is 5.10 Å². The fourth-order valence-electron chi connectivity index (χ4n) is 7.59. The number of amides is 5. The number of unbranched alkanes of at least 4 members (excludes halogenated alkanes) is 4. The van der Waals surface area contributed by atoms with Crippen LogP contribution in [-0.4, -0.2) is 131 Å². The van der Waals surface area contributed by atoms with E-state index in [0.29, 0.717) is 99.3 Å². The molecular formula is C43H55Cl2N9O6S. The van der Waals surface area contributed by atoms with Crippen LogP contribution in [0.1, 0.15) is 61.1 Å². The number of halogens is 2. The highest BCUT2D eigenvalue weighted by molar-refractivity contribution is 7.16. The van der Waals surface area contributed by atoms with Crippen molar-refractivity contribution in [3.05, 3.63) is 68.8 Å². The molecule has 0 unspecified atom stereocenters. The maximum atomic E-state index is 12.8. The molecule has 0 saturated carbocycles. The quantitative estimate of drug-likeness (QED) is 0.0725. The Morgan fingerprint density at radius 3 is 2.51 bits per heavy atom. The number of aryl methyl sites for hydroxylation is 1. The summed E-state index contributed by atoms with van der Waals surface area (Å²) in [5.41, 5.74) is 4.09. The van der Waals surface area contributed by atoms with Gasteiger partial charge < -0.3 is 40.3 Å². The minimum absolute atomic E-state index is 0.000503. The third-order valence-electron chi connectivity index (χ3n) is 10.9. The van der Waals surface area contributed by atoms with Crippen molar-refractivity contribution in [2.24, 2.45) is 0 Å². The SMILES string of the molecule is CN(C)C/C=C/C(=O)N1CCN(c2ccc(CCC(=O)NCCCCCCCC(=O)NCCn3ccc(-c4cc(Cl)c(Cl)c5[nH]c6c(c45)CN(C(=O)CO)CC6)n3)s2)C(=O)C1. The van der Waals surface area contributed by atoms with Gasteiger partial charge in [0.25, 0.3) is 0 Å². The van der Waals surface area contributed by atoms with Crippen molar-refractivity contribution in [3.8, 4) is 11.3 Å². The number of nitrogens with zero attached hydrogens (tertiary/aromatic N) is 6. The van der Waals surface area contributed by atoms with Crippen molar-refractivity contribution in [3.63, 3.8) is 0 Å². The fraction of sp³-hybridized carbons (Fsp3) is 0.488. The maximum Gasteiger partial charge on any atom is 0.248 e. The summed E-state index contributed by atoms with van der Waals surface area (Å²) in [6.45, 7) is 3.45. The average molecular weight is 897 g/mol. The number of piperazine rings is 1. The van der Waals surface area contributed by atoms with Gasteiger partial charge in [0.05, 0.1) is 32.8 Å². The maximum absolute atomic E-state index is 12.8. The number of likely N-dealkylation sites (N-methyl/N-ethyl adjacent to an activating group) is 1. The number of aromatic nitrogens is 3. The Kier molecular flexibility index (Phi) is 16.4. The highest BCUT2D eigenvalue weighted by Crippen LogP contribution is 2.42. The number of thiophene rings is 1. The largest absolute Gasteiger partial charge is 0.387 e. The Balaban J connectivity index is 0.823. The Morgan fingerprint density at radius 2 is 1.72 bits per heavy atom. The lowest BCUT2D eigenvalue weighted by Crippen LogP contribution is -2.51. The second-order valence-corrected chi connectivity index (χ2v) is 17.6. The van der Waals surface area contributed by atoms with Crippen LogP contribution < -0.4 is 15.5 Å². The lowest BCUT2D eigenvalue weighted by molar-refractivity contribution is -0.135. The summed E-state index contributed by atoms with van der Waals surface area (Å²) in [7, 11) is 3.85. The standard InChI is InChI=1S/C43H55Cl2N9O6S/c1-50(2)19-8-10-37(58)52-23-24-54(38(59)27-52)40-14-12-29(61-40)11-13-36(57)46-17-7-5-3-4-6-9-35(56)47-18-22-53-21-16-34(49-53)30-25-32(44)42(45)43-41(30)31-26-51(39(60)28-55)20-15-33(31)48-43/h8,10,12,14,16,21,25,48,55H,3-7,9,11,13,15,17-20,22-24,26-28H2,1-2H3,(H,46,57)(H,47,56)/b10-8+. The molecule has 328 valence electrons. The van der Waals surface area contributed by atoms with Gasteiger partial charge >= 0.3 is 0 Å². The first-order valence-electron chi connectivity index (χ1n) is 20.9. The summed E-state index contributed by atoms with van der Waals surface area (Å²) >= 11 is 14.6. The van der Waals surface area contributed by atoms with Crippen LogP contribution in [-0.2, 0) is 49.9 Å². The lowest BCUT2D eigenvalue weighted by atomic mass is 9.99. The zero-order valence-electron chi connectivity index (χ0n) is 34.8. The summed E-state index contributed by atoms with van der Waals surface area (Å²) in [5.74, 6) is -0.593. The number of H-pyrrole nitrogens is 1. The molecule has 18 heteroatoms. The number of carbonyl (C=O) groups is 5. The first-order chi connectivity index (χ1) is 29.4. The fourth-order valence-corrected chi connectivity index (χ4v) is 9.03. The molecule has 15 nitrogen and oxygen atoms in total. The van der Waals surface area contributed by atoms with Crippen molar-refractivity contribution in [2.75, 3.05) is 71.4 Å². The minimum atomic E-state index is -0.544. The predicted molar refractivity (Wildman–Crippen MR) is 239 cm³/mol. The van der Waals surface area contributed by atoms with Gasteiger partial charge in [0.15, 0.2) is 0 Å². The molecule has 1 fully saturated rings. The Morgan fingerprint density at radius 1 is 0.951 bits per heavy atom. The van der Waals surface area contributed by atoms with E-state index in [1.807, 2.05) is 43.4 Å². The predicted octanol–water partition coefficient (Wildman–Crippen LogP) is 4.78. The number of aliphatic hydroxyl groups is 1. The summed E-state index contributed by atoms with van der Waals surface area (Å²) in [4.78, 5) is 73.9. The molecule has 1 saturated heterocycles. The molecular weight excluding hydrogens is 842 g/mol. The first kappa shape index (κ1) is 45.8. The van der Waals surface area contributed by atoms with Gasteiger partial charge in [-0.1, -0.05) is 48.5 Å². The highest BCUT2D eigenvalue weighted by atomic mass is 35.5. The molecule has 0 spiro atoms. The molecule has 5 heterocycles.